The van der Waals surface area contributed by atoms with E-state index < -0.39 is 36.5 Å². The maximum Gasteiger partial charge on any atom is 0.318 e. The number of hydrogen-bond donors (Lipinski definition) is 3. The number of Topliss-reactive ketones (excluding diaryl/α,β-unsaturated/α-hetero) is 1. The first kappa shape index (κ1) is 23.2. The normalized spacial score (nSPS) is 15.4. The first-order chi connectivity index (χ1) is 15.4. The van der Waals surface area contributed by atoms with Gasteiger partial charge in [-0.15, -0.1) is 0 Å². The van der Waals surface area contributed by atoms with E-state index in [1.165, 1.54) is 19.2 Å². The summed E-state index contributed by atoms with van der Waals surface area (Å²) in [6.07, 6.45) is 0.274. The van der Waals surface area contributed by atoms with E-state index in [-0.39, 0.29) is 0 Å². The summed E-state index contributed by atoms with van der Waals surface area (Å²) in [6.45, 7) is 2.73. The minimum atomic E-state index is -1.14. The Bertz CT molecular complexity index is 1010. The van der Waals surface area contributed by atoms with Crippen molar-refractivity contribution in [3.8, 4) is 11.8 Å². The van der Waals surface area contributed by atoms with Gasteiger partial charge in [-0.2, -0.15) is 4.39 Å². The number of benzene rings is 1. The highest BCUT2D eigenvalue weighted by Gasteiger charge is 2.28. The molecule has 2 aromatic rings. The Labute approximate surface area is 185 Å². The van der Waals surface area contributed by atoms with Gasteiger partial charge in [0, 0.05) is 55.3 Å². The Morgan fingerprint density at radius 2 is 1.78 bits per heavy atom. The Hall–Kier alpha value is -3.48. The molecule has 0 radical (unpaired) electrons. The molecule has 2 amide bonds. The highest BCUT2D eigenvalue weighted by atomic mass is 19.1. The number of aliphatic hydroxyl groups excluding tert-OH is 2. The number of ketones is 1. The van der Waals surface area contributed by atoms with E-state index in [2.05, 4.69) is 27.0 Å². The molecule has 1 fully saturated rings. The number of pyridine rings is 1. The van der Waals surface area contributed by atoms with Crippen molar-refractivity contribution in [2.24, 2.45) is 0 Å². The minimum absolute atomic E-state index is 0.445. The van der Waals surface area contributed by atoms with Crippen LogP contribution >= 0.6 is 0 Å². The van der Waals surface area contributed by atoms with Gasteiger partial charge >= 0.3 is 6.03 Å². The Morgan fingerprint density at radius 3 is 2.38 bits per heavy atom. The molecule has 0 saturated carbocycles. The number of urea groups is 1. The number of hydrogen-bond acceptors (Lipinski definition) is 6. The largest absolute Gasteiger partial charge is 0.391 e. The first-order valence-electron chi connectivity index (χ1n) is 10.2. The monoisotopic (exact) mass is 440 g/mol. The van der Waals surface area contributed by atoms with E-state index >= 15 is 0 Å². The molecule has 3 N–H and O–H groups in total. The summed E-state index contributed by atoms with van der Waals surface area (Å²) in [7, 11) is 0. The van der Waals surface area contributed by atoms with E-state index in [4.69, 9.17) is 5.11 Å². The van der Waals surface area contributed by atoms with Crippen molar-refractivity contribution in [2.45, 2.75) is 19.1 Å². The molecule has 3 rings (SSSR count). The lowest BCUT2D eigenvalue weighted by Crippen LogP contribution is -2.57. The van der Waals surface area contributed by atoms with E-state index in [9.17, 15) is 19.1 Å². The number of carbonyl (C=O) groups excluding carboxylic acids is 2. The van der Waals surface area contributed by atoms with Gasteiger partial charge in [0.1, 0.15) is 12.6 Å². The molecule has 1 saturated heterocycles. The molecule has 8 nitrogen and oxygen atoms in total. The van der Waals surface area contributed by atoms with Gasteiger partial charge in [-0.3, -0.25) is 4.79 Å². The molecule has 168 valence electrons. The third kappa shape index (κ3) is 6.03. The maximum atomic E-state index is 13.1. The van der Waals surface area contributed by atoms with Crippen molar-refractivity contribution in [1.82, 2.24) is 15.2 Å². The zero-order valence-electron chi connectivity index (χ0n) is 17.7. The lowest BCUT2D eigenvalue weighted by atomic mass is 10.1. The van der Waals surface area contributed by atoms with Crippen molar-refractivity contribution in [2.75, 3.05) is 37.7 Å². The van der Waals surface area contributed by atoms with Crippen LogP contribution in [-0.4, -0.2) is 76.8 Å². The van der Waals surface area contributed by atoms with Crippen LogP contribution < -0.4 is 10.2 Å². The molecule has 9 heteroatoms. The Morgan fingerprint density at radius 1 is 1.12 bits per heavy atom. The average molecular weight is 440 g/mol. The SMILES string of the molecule is C[C@@H](O)[C@H](NC(=O)N1CCN(c2ccc(C#Cc3ccnc(F)c3)cc2)CC1)C(=O)CO. The zero-order valence-corrected chi connectivity index (χ0v) is 17.7. The maximum absolute atomic E-state index is 13.1. The topological polar surface area (TPSA) is 106 Å². The van der Waals surface area contributed by atoms with Crippen LogP contribution in [0.1, 0.15) is 18.1 Å². The minimum Gasteiger partial charge on any atom is -0.391 e. The van der Waals surface area contributed by atoms with Gasteiger partial charge in [0.15, 0.2) is 5.78 Å². The molecule has 0 aliphatic carbocycles. The van der Waals surface area contributed by atoms with Gasteiger partial charge in [-0.05, 0) is 37.3 Å². The lowest BCUT2D eigenvalue weighted by molar-refractivity contribution is -0.125. The second-order valence-electron chi connectivity index (χ2n) is 7.43. The van der Waals surface area contributed by atoms with E-state index in [1.54, 1.807) is 11.0 Å². The summed E-state index contributed by atoms with van der Waals surface area (Å²) >= 11 is 0. The predicted octanol–water partition coefficient (Wildman–Crippen LogP) is 0.763. The summed E-state index contributed by atoms with van der Waals surface area (Å²) < 4.78 is 13.1. The fourth-order valence-electron chi connectivity index (χ4n) is 3.34. The quantitative estimate of drug-likeness (QED) is 0.468. The van der Waals surface area contributed by atoms with Crippen LogP contribution in [0.4, 0.5) is 14.9 Å². The fraction of sp³-hybridized carbons (Fsp3) is 0.348. The zero-order chi connectivity index (χ0) is 23.1. The van der Waals surface area contributed by atoms with Gasteiger partial charge in [0.2, 0.25) is 5.95 Å². The smallest absolute Gasteiger partial charge is 0.318 e. The van der Waals surface area contributed by atoms with Gasteiger partial charge < -0.3 is 25.3 Å². The molecular weight excluding hydrogens is 415 g/mol. The number of halogens is 1. The molecule has 0 unspecified atom stereocenters. The summed E-state index contributed by atoms with van der Waals surface area (Å²) in [4.78, 5) is 31.3. The molecule has 2 atom stereocenters. The number of anilines is 1. The lowest BCUT2D eigenvalue weighted by Gasteiger charge is -2.36. The van der Waals surface area contributed by atoms with Gasteiger partial charge in [-0.1, -0.05) is 11.8 Å². The van der Waals surface area contributed by atoms with Crippen LogP contribution in [0.25, 0.3) is 0 Å². The molecule has 1 aromatic carbocycles. The first-order valence-corrected chi connectivity index (χ1v) is 10.2. The van der Waals surface area contributed by atoms with Gasteiger partial charge in [-0.25, -0.2) is 9.78 Å². The number of amides is 2. The number of nitrogens with one attached hydrogen (secondary N) is 1. The van der Waals surface area contributed by atoms with Crippen LogP contribution in [0, 0.1) is 17.8 Å². The summed E-state index contributed by atoms with van der Waals surface area (Å²) in [5.41, 5.74) is 2.33. The summed E-state index contributed by atoms with van der Waals surface area (Å²) in [5, 5.41) is 21.2. The van der Waals surface area contributed by atoms with Crippen LogP contribution in [0.3, 0.4) is 0 Å². The highest BCUT2D eigenvalue weighted by Crippen LogP contribution is 2.17. The molecule has 1 aliphatic rings. The van der Waals surface area contributed by atoms with Crippen LogP contribution in [0.15, 0.2) is 42.6 Å². The number of carbonyl (C=O) groups is 2. The van der Waals surface area contributed by atoms with E-state index in [1.807, 2.05) is 24.3 Å². The molecular formula is C23H25FN4O4. The fourth-order valence-corrected chi connectivity index (χ4v) is 3.34. The Kier molecular flexibility index (Phi) is 7.76. The van der Waals surface area contributed by atoms with Crippen LogP contribution in [0.5, 0.6) is 0 Å². The number of piperazine rings is 1. The molecule has 32 heavy (non-hydrogen) atoms. The molecule has 0 bridgehead atoms. The Balaban J connectivity index is 1.55. The number of aliphatic hydroxyl groups is 2. The van der Waals surface area contributed by atoms with E-state index in [0.717, 1.165) is 11.3 Å². The van der Waals surface area contributed by atoms with Crippen LogP contribution in [-0.2, 0) is 4.79 Å². The second kappa shape index (κ2) is 10.7. The van der Waals surface area contributed by atoms with Crippen molar-refractivity contribution in [1.29, 1.82) is 0 Å². The molecule has 2 heterocycles. The average Bonchev–Trinajstić information content (AvgIpc) is 2.81. The molecule has 1 aromatic heterocycles. The molecule has 0 spiro atoms. The third-order valence-corrected chi connectivity index (χ3v) is 5.14. The number of aromatic nitrogens is 1. The number of nitrogens with zero attached hydrogens (tertiary/aromatic N) is 3. The third-order valence-electron chi connectivity index (χ3n) is 5.14. The summed E-state index contributed by atoms with van der Waals surface area (Å²) in [6, 6.07) is 8.98. The second-order valence-corrected chi connectivity index (χ2v) is 7.43. The summed E-state index contributed by atoms with van der Waals surface area (Å²) in [5.74, 6) is 4.69. The highest BCUT2D eigenvalue weighted by molar-refractivity contribution is 5.89. The number of rotatable bonds is 5. The van der Waals surface area contributed by atoms with E-state index in [0.29, 0.717) is 31.7 Å². The van der Waals surface area contributed by atoms with Crippen molar-refractivity contribution in [3.05, 3.63) is 59.7 Å². The van der Waals surface area contributed by atoms with Gasteiger partial charge in [0.05, 0.1) is 6.10 Å². The molecule has 1 aliphatic heterocycles. The standard InChI is InChI=1S/C23H25FN4O4/c1-16(30)22(20(31)15-29)26-23(32)28-12-10-27(11-13-28)19-6-4-17(5-7-19)2-3-18-8-9-25-21(24)14-18/h4-9,14,16,22,29-30H,10-13,15H2,1H3,(H,26,32)/t16-,22+/m1/s1. The van der Waals surface area contributed by atoms with Crippen LogP contribution in [0.2, 0.25) is 0 Å². The van der Waals surface area contributed by atoms with Crippen molar-refractivity contribution < 1.29 is 24.2 Å². The van der Waals surface area contributed by atoms with Gasteiger partial charge in [0.25, 0.3) is 0 Å². The van der Waals surface area contributed by atoms with Crippen molar-refractivity contribution in [3.63, 3.8) is 0 Å². The predicted molar refractivity (Wildman–Crippen MR) is 116 cm³/mol. The van der Waals surface area contributed by atoms with Crippen molar-refractivity contribution >= 4 is 17.5 Å².